The van der Waals surface area contributed by atoms with E-state index in [0.29, 0.717) is 48.9 Å². The van der Waals surface area contributed by atoms with Gasteiger partial charge in [0.15, 0.2) is 0 Å². The number of carboxylic acids is 3. The highest BCUT2D eigenvalue weighted by atomic mass is 32.2. The van der Waals surface area contributed by atoms with Crippen LogP contribution in [-0.4, -0.2) is 67.6 Å². The van der Waals surface area contributed by atoms with Crippen LogP contribution in [0.2, 0.25) is 0 Å². The lowest BCUT2D eigenvalue weighted by Gasteiger charge is -2.71. The molecule has 106 heavy (non-hydrogen) atoms. The van der Waals surface area contributed by atoms with E-state index >= 15 is 26.3 Å². The van der Waals surface area contributed by atoms with Crippen molar-refractivity contribution in [1.82, 2.24) is 0 Å². The molecule has 6 aliphatic carbocycles. The first-order valence-corrected chi connectivity index (χ1v) is 36.0. The van der Waals surface area contributed by atoms with Crippen LogP contribution < -0.4 is 4.74 Å². The maximum atomic E-state index is 16.3. The third-order valence-corrected chi connectivity index (χ3v) is 26.0. The highest BCUT2D eigenvalue weighted by Crippen LogP contribution is 2.77. The van der Waals surface area contributed by atoms with E-state index in [4.69, 9.17) is 4.74 Å². The van der Waals surface area contributed by atoms with Crippen molar-refractivity contribution in [2.75, 3.05) is 7.11 Å². The predicted octanol–water partition coefficient (Wildman–Crippen LogP) is 19.7. The van der Waals surface area contributed by atoms with E-state index in [-0.39, 0.29) is 27.8 Å². The molecule has 0 spiro atoms. The number of ether oxygens (including phenoxy) is 1. The summed E-state index contributed by atoms with van der Waals surface area (Å²) in [6.07, 6.45) is 7.70. The lowest BCUT2D eigenvalue weighted by molar-refractivity contribution is -0.258. The van der Waals surface area contributed by atoms with Gasteiger partial charge in [-0.15, -0.1) is 23.5 Å². The second-order valence-corrected chi connectivity index (χ2v) is 32.0. The van der Waals surface area contributed by atoms with Crippen molar-refractivity contribution in [1.29, 1.82) is 0 Å². The Labute approximate surface area is 617 Å². The Hall–Kier alpha value is -11.3. The van der Waals surface area contributed by atoms with Crippen LogP contribution in [0.15, 0.2) is 253 Å². The van der Waals surface area contributed by atoms with Gasteiger partial charge in [-0.25, -0.2) is 14.4 Å². The number of methoxy groups -OCH3 is 1. The van der Waals surface area contributed by atoms with Gasteiger partial charge in [0.25, 0.3) is 0 Å². The van der Waals surface area contributed by atoms with Crippen LogP contribution in [0.4, 0.5) is 26.3 Å². The largest absolute Gasteiger partial charge is 0.497 e. The molecule has 5 fully saturated rings. The first-order valence-electron chi connectivity index (χ1n) is 34.4. The number of allylic oxidation sites excluding steroid dienone is 4. The van der Waals surface area contributed by atoms with Gasteiger partial charge in [-0.2, -0.15) is 26.3 Å². The van der Waals surface area contributed by atoms with Gasteiger partial charge in [0.1, 0.15) is 5.75 Å². The second kappa shape index (κ2) is 25.2. The number of aromatic carboxylic acids is 3. The molecule has 0 saturated heterocycles. The number of thioether (sulfide) groups is 2. The Bertz CT molecular complexity index is 5320. The van der Waals surface area contributed by atoms with Crippen molar-refractivity contribution in [3.63, 3.8) is 0 Å². The Balaban J connectivity index is 0.748. The van der Waals surface area contributed by atoms with Crippen molar-refractivity contribution in [3.8, 4) is 53.1 Å². The number of fused-ring (bicyclic) bond motifs is 4. The first kappa shape index (κ1) is 69.1. The molecule has 2 atom stereocenters. The van der Waals surface area contributed by atoms with Gasteiger partial charge in [0.05, 0.1) is 33.3 Å². The minimum Gasteiger partial charge on any atom is -0.497 e. The predicted molar refractivity (Wildman–Crippen MR) is 401 cm³/mol. The summed E-state index contributed by atoms with van der Waals surface area (Å²) in [4.78, 5) is 36.5. The standard InChI is InChI=1S/C91H62F6O7S2/c1-83-74(78-79(90(94,95)91(96,97)89(78,92)93)75-49-77(106-84(75,83)2)65-33-43-73(104-3)44-34-65)48-76(105-83)64-31-21-56(22-32-64)13-14-57-23-35-69(36-24-57)85-50-86(70-37-25-58(26-38-70)15-18-61-7-4-10-66(45-61)80(98)99)53-87(51-85,71-39-27-59(28-40-71)16-19-62-8-5-11-67(46-62)81(100)101)55-88(52-85,54-86)72-41-29-60(30-42-72)17-20-63-9-6-12-68(47-63)82(102)103/h4-12,21-49H,50-55H2,1-3H3,(H,98,99)(H,100,101)(H,102,103). The van der Waals surface area contributed by atoms with Crippen LogP contribution in [0, 0.1) is 47.4 Å². The van der Waals surface area contributed by atoms with E-state index in [1.165, 1.54) is 77.7 Å². The smallest absolute Gasteiger partial charge is 0.380 e. The fraction of sp³-hybridized carbons (Fsp3) is 0.198. The summed E-state index contributed by atoms with van der Waals surface area (Å²) in [5.41, 5.74) is 6.96. The monoisotopic (exact) mass is 1440 g/mol. The quantitative estimate of drug-likeness (QED) is 0.0908. The maximum Gasteiger partial charge on any atom is 0.380 e. The molecule has 7 nitrogen and oxygen atoms in total. The highest BCUT2D eigenvalue weighted by molar-refractivity contribution is 8.14. The zero-order valence-corrected chi connectivity index (χ0v) is 58.9. The minimum atomic E-state index is -5.69. The third-order valence-electron chi connectivity index (χ3n) is 22.6. The normalized spacial score (nSPS) is 24.8. The van der Waals surface area contributed by atoms with Crippen LogP contribution in [0.5, 0.6) is 5.75 Å². The van der Waals surface area contributed by atoms with Crippen molar-refractivity contribution in [2.45, 2.75) is 101 Å². The zero-order chi connectivity index (χ0) is 74.0. The number of hydrogen-bond acceptors (Lipinski definition) is 6. The van der Waals surface area contributed by atoms with Crippen LogP contribution >= 0.6 is 23.5 Å². The molecule has 4 bridgehead atoms. The highest BCUT2D eigenvalue weighted by Gasteiger charge is 2.84. The molecule has 0 amide bonds. The molecule has 2 aliphatic heterocycles. The average Bonchev–Trinajstić information content (AvgIpc) is 1.11. The van der Waals surface area contributed by atoms with Gasteiger partial charge in [-0.1, -0.05) is 138 Å². The van der Waals surface area contributed by atoms with Crippen molar-refractivity contribution in [3.05, 3.63) is 347 Å². The maximum absolute atomic E-state index is 16.3. The number of carboxylic acid groups (broad SMARTS) is 3. The third kappa shape index (κ3) is 11.4. The Morgan fingerprint density at radius 3 is 0.877 bits per heavy atom. The molecule has 15 heteroatoms. The molecular weight excluding hydrogens is 1380 g/mol. The van der Waals surface area contributed by atoms with E-state index in [1.807, 2.05) is 36.4 Å². The lowest BCUT2D eigenvalue weighted by Crippen LogP contribution is -2.67. The molecule has 0 aromatic heterocycles. The van der Waals surface area contributed by atoms with E-state index < -0.39 is 78.0 Å². The Kier molecular flexibility index (Phi) is 16.4. The molecule has 17 rings (SSSR count). The molecule has 0 radical (unpaired) electrons. The molecule has 522 valence electrons. The fourth-order valence-corrected chi connectivity index (χ4v) is 21.1. The molecular formula is C91H62F6O7S2. The number of carbonyl (C=O) groups is 3. The van der Waals surface area contributed by atoms with E-state index in [9.17, 15) is 29.7 Å². The van der Waals surface area contributed by atoms with Gasteiger partial charge < -0.3 is 20.1 Å². The summed E-state index contributed by atoms with van der Waals surface area (Å²) in [6, 6.07) is 67.6. The second-order valence-electron chi connectivity index (χ2n) is 29.0. The van der Waals surface area contributed by atoms with Crippen LogP contribution in [0.3, 0.4) is 0 Å². The van der Waals surface area contributed by atoms with Crippen LogP contribution in [0.1, 0.15) is 161 Å². The van der Waals surface area contributed by atoms with Crippen molar-refractivity contribution < 1.29 is 60.8 Å². The SMILES string of the molecule is COc1ccc(C2=CC3=C4C(=C5C=C(c6ccc(C#Cc7ccc(C89CC%10(c%11ccc(C#Cc%12cccc(C(=O)O)c%12)cc%11)CC(c%11ccc(C#Cc%12cccc(C(=O)O)c%12)cc%11)(C8)CC(c8ccc(C#Cc%11cccc(C(=O)O)c%11)cc8)(C9)C%10)cc7)cc6)SC5(C)C3(C)S2)C(F)(F)C(F)(F)C4(F)F)cc1. The van der Waals surface area contributed by atoms with E-state index in [2.05, 4.69) is 108 Å². The van der Waals surface area contributed by atoms with Crippen LogP contribution in [-0.2, 0) is 21.7 Å². The molecule has 8 aliphatic rings. The van der Waals surface area contributed by atoms with Gasteiger partial charge in [0, 0.05) is 65.5 Å². The number of halogens is 6. The molecule has 2 heterocycles. The first-order chi connectivity index (χ1) is 50.7. The molecule has 9 aromatic carbocycles. The summed E-state index contributed by atoms with van der Waals surface area (Å²) in [5, 5.41) is 29.1. The molecule has 2 unspecified atom stereocenters. The van der Waals surface area contributed by atoms with Gasteiger partial charge in [-0.05, 0) is 258 Å². The van der Waals surface area contributed by atoms with Crippen molar-refractivity contribution >= 4 is 51.2 Å². The number of rotatable bonds is 10. The van der Waals surface area contributed by atoms with E-state index in [0.717, 1.165) is 66.3 Å². The van der Waals surface area contributed by atoms with Gasteiger partial charge in [0.2, 0.25) is 0 Å². The summed E-state index contributed by atoms with van der Waals surface area (Å²) in [7, 11) is 1.50. The Morgan fingerprint density at radius 2 is 0.613 bits per heavy atom. The van der Waals surface area contributed by atoms with Crippen molar-refractivity contribution in [2.24, 2.45) is 0 Å². The summed E-state index contributed by atoms with van der Waals surface area (Å²) in [5.74, 6) is 7.39. The number of benzene rings is 9. The summed E-state index contributed by atoms with van der Waals surface area (Å²) in [6.45, 7) is 3.35. The molecule has 5 saturated carbocycles. The van der Waals surface area contributed by atoms with E-state index in [1.54, 1.807) is 117 Å². The lowest BCUT2D eigenvalue weighted by atomic mass is 9.32. The zero-order valence-electron chi connectivity index (χ0n) is 57.2. The van der Waals surface area contributed by atoms with Gasteiger partial charge >= 0.3 is 35.7 Å². The van der Waals surface area contributed by atoms with Crippen LogP contribution in [0.25, 0.3) is 9.81 Å². The molecule has 3 N–H and O–H groups in total. The summed E-state index contributed by atoms with van der Waals surface area (Å²) >= 11 is 2.40. The van der Waals surface area contributed by atoms with Gasteiger partial charge in [-0.3, -0.25) is 0 Å². The summed E-state index contributed by atoms with van der Waals surface area (Å²) < 4.78 is 99.0. The minimum absolute atomic E-state index is 0.148. The number of hydrogen-bond donors (Lipinski definition) is 3. The average molecular weight is 1450 g/mol. The fourth-order valence-electron chi connectivity index (χ4n) is 17.9. The Morgan fingerprint density at radius 1 is 0.358 bits per heavy atom. The number of alkyl halides is 6. The molecule has 9 aromatic rings. The topological polar surface area (TPSA) is 121 Å².